The van der Waals surface area contributed by atoms with Crippen molar-refractivity contribution >= 4 is 17.2 Å². The molecule has 1 aromatic carbocycles. The van der Waals surface area contributed by atoms with Crippen LogP contribution >= 0.6 is 11.6 Å². The molecule has 0 aliphatic rings. The maximum atomic E-state index is 13.8. The lowest BCUT2D eigenvalue weighted by molar-refractivity contribution is 0.629. The number of rotatable bonds is 1. The molecule has 0 unspecified atom stereocenters. The minimum atomic E-state index is -0.368. The first kappa shape index (κ1) is 12.0. The van der Waals surface area contributed by atoms with Gasteiger partial charge >= 0.3 is 0 Å². The fraction of sp³-hybridized carbons (Fsp3) is 0.154. The Morgan fingerprint density at radius 1 is 1.11 bits per heavy atom. The van der Waals surface area contributed by atoms with E-state index in [0.29, 0.717) is 22.2 Å². The molecule has 3 rings (SSSR count). The molecule has 19 heavy (non-hydrogen) atoms. The van der Waals surface area contributed by atoms with Crippen LogP contribution < -0.4 is 0 Å². The summed E-state index contributed by atoms with van der Waals surface area (Å²) in [5.41, 5.74) is 2.67. The Bertz CT molecular complexity index is 782. The van der Waals surface area contributed by atoms with Crippen molar-refractivity contribution in [2.75, 3.05) is 0 Å². The van der Waals surface area contributed by atoms with Crippen LogP contribution in [0.1, 0.15) is 11.1 Å². The van der Waals surface area contributed by atoms with Crippen LogP contribution in [0.4, 0.5) is 4.39 Å². The van der Waals surface area contributed by atoms with E-state index in [-0.39, 0.29) is 5.82 Å². The maximum absolute atomic E-state index is 13.8. The van der Waals surface area contributed by atoms with E-state index in [1.165, 1.54) is 10.6 Å². The molecular weight excluding hydrogens is 267 g/mol. The molecule has 96 valence electrons. The summed E-state index contributed by atoms with van der Waals surface area (Å²) in [5, 5.41) is 12.7. The van der Waals surface area contributed by atoms with Gasteiger partial charge in [-0.1, -0.05) is 23.7 Å². The van der Waals surface area contributed by atoms with Gasteiger partial charge in [-0.15, -0.1) is 10.2 Å². The molecule has 0 radical (unpaired) electrons. The van der Waals surface area contributed by atoms with Crippen LogP contribution in [0, 0.1) is 19.7 Å². The van der Waals surface area contributed by atoms with E-state index < -0.39 is 0 Å². The summed E-state index contributed by atoms with van der Waals surface area (Å²) >= 11 is 6.07. The van der Waals surface area contributed by atoms with Gasteiger partial charge in [0, 0.05) is 5.56 Å². The molecule has 0 amide bonds. The van der Waals surface area contributed by atoms with E-state index in [9.17, 15) is 4.39 Å². The van der Waals surface area contributed by atoms with Crippen LogP contribution in [0.3, 0.4) is 0 Å². The molecule has 0 spiro atoms. The zero-order valence-corrected chi connectivity index (χ0v) is 11.1. The highest BCUT2D eigenvalue weighted by Crippen LogP contribution is 2.25. The standard InChI is InChI=1S/C13H10ClFN4/c1-7-8(2)12-16-17-13(19(12)18-11(7)14)9-5-3-4-6-10(9)15/h3-6H,1-2H3. The molecule has 0 fully saturated rings. The Balaban J connectivity index is 2.36. The van der Waals surface area contributed by atoms with Crippen LogP contribution in [0.5, 0.6) is 0 Å². The smallest absolute Gasteiger partial charge is 0.188 e. The minimum Gasteiger partial charge on any atom is -0.206 e. The molecular formula is C13H10ClFN4. The molecule has 0 saturated heterocycles. The normalized spacial score (nSPS) is 11.2. The fourth-order valence-electron chi connectivity index (χ4n) is 1.90. The van der Waals surface area contributed by atoms with Crippen molar-refractivity contribution in [1.82, 2.24) is 19.8 Å². The van der Waals surface area contributed by atoms with Gasteiger partial charge in [-0.3, -0.25) is 0 Å². The summed E-state index contributed by atoms with van der Waals surface area (Å²) < 4.78 is 15.3. The second-order valence-electron chi connectivity index (χ2n) is 4.28. The largest absolute Gasteiger partial charge is 0.206 e. The van der Waals surface area contributed by atoms with E-state index in [2.05, 4.69) is 15.3 Å². The molecule has 4 nitrogen and oxygen atoms in total. The Kier molecular flexibility index (Phi) is 2.71. The molecule has 6 heteroatoms. The molecule has 3 aromatic rings. The van der Waals surface area contributed by atoms with Gasteiger partial charge in [-0.2, -0.15) is 9.61 Å². The van der Waals surface area contributed by atoms with Crippen LogP contribution in [0.15, 0.2) is 24.3 Å². The van der Waals surface area contributed by atoms with Crippen molar-refractivity contribution in [3.8, 4) is 11.4 Å². The average molecular weight is 277 g/mol. The van der Waals surface area contributed by atoms with E-state index in [0.717, 1.165) is 11.1 Å². The lowest BCUT2D eigenvalue weighted by atomic mass is 10.2. The Morgan fingerprint density at radius 3 is 2.58 bits per heavy atom. The third-order valence-corrected chi connectivity index (χ3v) is 3.51. The summed E-state index contributed by atoms with van der Waals surface area (Å²) in [6, 6.07) is 6.37. The molecule has 0 saturated carbocycles. The first-order valence-electron chi connectivity index (χ1n) is 5.72. The quantitative estimate of drug-likeness (QED) is 0.685. The topological polar surface area (TPSA) is 43.1 Å². The van der Waals surface area contributed by atoms with Crippen molar-refractivity contribution < 1.29 is 4.39 Å². The number of aryl methyl sites for hydroxylation is 1. The summed E-state index contributed by atoms with van der Waals surface area (Å²) in [6.45, 7) is 3.75. The van der Waals surface area contributed by atoms with Gasteiger partial charge < -0.3 is 0 Å². The van der Waals surface area contributed by atoms with Gasteiger partial charge in [0.1, 0.15) is 5.82 Å². The lowest BCUT2D eigenvalue weighted by Crippen LogP contribution is -2.01. The van der Waals surface area contributed by atoms with Gasteiger partial charge in [0.05, 0.1) is 5.56 Å². The van der Waals surface area contributed by atoms with Gasteiger partial charge in [-0.25, -0.2) is 4.39 Å². The predicted octanol–water partition coefficient (Wildman–Crippen LogP) is 3.20. The summed E-state index contributed by atoms with van der Waals surface area (Å²) in [5.74, 6) is -0.0222. The van der Waals surface area contributed by atoms with Crippen molar-refractivity contribution in [3.05, 3.63) is 46.4 Å². The van der Waals surface area contributed by atoms with E-state index in [1.807, 2.05) is 13.8 Å². The van der Waals surface area contributed by atoms with E-state index in [4.69, 9.17) is 11.6 Å². The van der Waals surface area contributed by atoms with Gasteiger partial charge in [0.25, 0.3) is 0 Å². The highest BCUT2D eigenvalue weighted by Gasteiger charge is 2.16. The van der Waals surface area contributed by atoms with Crippen LogP contribution in [-0.2, 0) is 0 Å². The third kappa shape index (κ3) is 1.77. The van der Waals surface area contributed by atoms with Gasteiger partial charge in [0.2, 0.25) is 0 Å². The monoisotopic (exact) mass is 276 g/mol. The number of fused-ring (bicyclic) bond motifs is 1. The Morgan fingerprint density at radius 2 is 1.84 bits per heavy atom. The second kappa shape index (κ2) is 4.28. The summed E-state index contributed by atoms with van der Waals surface area (Å²) in [4.78, 5) is 0. The highest BCUT2D eigenvalue weighted by molar-refractivity contribution is 6.30. The number of benzene rings is 1. The first-order valence-corrected chi connectivity index (χ1v) is 6.10. The average Bonchev–Trinajstić information content (AvgIpc) is 2.80. The number of hydrogen-bond donors (Lipinski definition) is 0. The zero-order valence-electron chi connectivity index (χ0n) is 10.4. The number of hydrogen-bond acceptors (Lipinski definition) is 3. The zero-order chi connectivity index (χ0) is 13.6. The molecule has 0 aliphatic carbocycles. The number of halogens is 2. The molecule has 0 aliphatic heterocycles. The minimum absolute atomic E-state index is 0.345. The molecule has 2 heterocycles. The maximum Gasteiger partial charge on any atom is 0.188 e. The molecule has 0 bridgehead atoms. The van der Waals surface area contributed by atoms with Gasteiger partial charge in [-0.05, 0) is 31.5 Å². The number of nitrogens with zero attached hydrogens (tertiary/aromatic N) is 4. The highest BCUT2D eigenvalue weighted by atomic mass is 35.5. The lowest BCUT2D eigenvalue weighted by Gasteiger charge is -2.05. The summed E-state index contributed by atoms with van der Waals surface area (Å²) in [6.07, 6.45) is 0. The van der Waals surface area contributed by atoms with E-state index in [1.54, 1.807) is 18.2 Å². The second-order valence-corrected chi connectivity index (χ2v) is 4.64. The Hall–Kier alpha value is -2.01. The first-order chi connectivity index (χ1) is 9.09. The van der Waals surface area contributed by atoms with Crippen molar-refractivity contribution in [2.45, 2.75) is 13.8 Å². The molecule has 0 N–H and O–H groups in total. The molecule has 0 atom stereocenters. The SMILES string of the molecule is Cc1c(Cl)nn2c(-c3ccccc3F)nnc2c1C. The molecule has 2 aromatic heterocycles. The number of aromatic nitrogens is 4. The van der Waals surface area contributed by atoms with Crippen LogP contribution in [-0.4, -0.2) is 19.8 Å². The van der Waals surface area contributed by atoms with E-state index >= 15 is 0 Å². The third-order valence-electron chi connectivity index (χ3n) is 3.15. The predicted molar refractivity (Wildman–Crippen MR) is 70.7 cm³/mol. The van der Waals surface area contributed by atoms with Crippen LogP contribution in [0.25, 0.3) is 17.0 Å². The van der Waals surface area contributed by atoms with Crippen molar-refractivity contribution in [2.24, 2.45) is 0 Å². The van der Waals surface area contributed by atoms with Gasteiger partial charge in [0.15, 0.2) is 16.6 Å². The Labute approximate surface area is 113 Å². The fourth-order valence-corrected chi connectivity index (χ4v) is 2.12. The van der Waals surface area contributed by atoms with Crippen molar-refractivity contribution in [1.29, 1.82) is 0 Å². The summed E-state index contributed by atoms with van der Waals surface area (Å²) in [7, 11) is 0. The van der Waals surface area contributed by atoms with Crippen molar-refractivity contribution in [3.63, 3.8) is 0 Å². The van der Waals surface area contributed by atoms with Crippen LogP contribution in [0.2, 0.25) is 5.15 Å².